The van der Waals surface area contributed by atoms with Gasteiger partial charge in [-0.1, -0.05) is 11.8 Å². The quantitative estimate of drug-likeness (QED) is 0.512. The molecule has 1 aliphatic rings. The number of anilines is 1. The van der Waals surface area contributed by atoms with Crippen LogP contribution >= 0.6 is 11.8 Å². The van der Waals surface area contributed by atoms with Crippen molar-refractivity contribution in [1.29, 1.82) is 10.5 Å². The summed E-state index contributed by atoms with van der Waals surface area (Å²) in [4.78, 5) is 0. The zero-order chi connectivity index (χ0) is 13.0. The molecule has 5 heteroatoms. The van der Waals surface area contributed by atoms with Crippen LogP contribution in [0.4, 0.5) is 5.69 Å². The molecule has 0 aromatic heterocycles. The van der Waals surface area contributed by atoms with Gasteiger partial charge in [-0.25, -0.2) is 0 Å². The number of hydrazone groups is 1. The summed E-state index contributed by atoms with van der Waals surface area (Å²) < 4.78 is 0. The van der Waals surface area contributed by atoms with Gasteiger partial charge >= 0.3 is 0 Å². The van der Waals surface area contributed by atoms with Gasteiger partial charge in [0.15, 0.2) is 5.04 Å². The number of thioether (sulfide) groups is 1. The fourth-order valence-electron chi connectivity index (χ4n) is 1.70. The molecule has 0 unspecified atom stereocenters. The molecule has 0 spiro atoms. The Hall–Kier alpha value is -1.98. The predicted molar refractivity (Wildman–Crippen MR) is 73.3 cm³/mol. The Morgan fingerprint density at radius 2 is 2.22 bits per heavy atom. The highest BCUT2D eigenvalue weighted by Crippen LogP contribution is 2.42. The Balaban J connectivity index is 2.20. The summed E-state index contributed by atoms with van der Waals surface area (Å²) in [5.41, 5.74) is 5.49. The Kier molecular flexibility index (Phi) is 3.86. The minimum Gasteiger partial charge on any atom is -0.277 e. The fourth-order valence-corrected chi connectivity index (χ4v) is 1.93. The van der Waals surface area contributed by atoms with E-state index in [-0.39, 0.29) is 0 Å². The topological polar surface area (TPSA) is 72.0 Å². The molecule has 0 bridgehead atoms. The third kappa shape index (κ3) is 2.82. The molecule has 1 aromatic carbocycles. The van der Waals surface area contributed by atoms with Crippen molar-refractivity contribution < 1.29 is 0 Å². The molecular weight excluding hydrogens is 244 g/mol. The minimum atomic E-state index is 0.382. The van der Waals surface area contributed by atoms with Crippen LogP contribution in [0.3, 0.4) is 0 Å². The van der Waals surface area contributed by atoms with Gasteiger partial charge in [0.05, 0.1) is 17.3 Å². The molecule has 2 rings (SSSR count). The first-order valence-electron chi connectivity index (χ1n) is 5.60. The van der Waals surface area contributed by atoms with E-state index in [1.54, 1.807) is 12.3 Å². The van der Waals surface area contributed by atoms with E-state index in [4.69, 9.17) is 10.5 Å². The zero-order valence-corrected chi connectivity index (χ0v) is 10.8. The van der Waals surface area contributed by atoms with Crippen molar-refractivity contribution in [1.82, 2.24) is 0 Å². The van der Waals surface area contributed by atoms with Crippen molar-refractivity contribution in [2.45, 2.75) is 18.8 Å². The number of hydrogen-bond donors (Lipinski definition) is 1. The summed E-state index contributed by atoms with van der Waals surface area (Å²) in [5, 5.41) is 22.2. The SMILES string of the molecule is CSC(C#N)=NNc1ccc(C#N)c(C2CC2)c1. The molecule has 1 saturated carbocycles. The van der Waals surface area contributed by atoms with E-state index in [1.165, 1.54) is 11.8 Å². The monoisotopic (exact) mass is 256 g/mol. The van der Waals surface area contributed by atoms with E-state index in [9.17, 15) is 0 Å². The van der Waals surface area contributed by atoms with E-state index in [0.29, 0.717) is 11.0 Å². The maximum absolute atomic E-state index is 9.04. The molecule has 18 heavy (non-hydrogen) atoms. The summed E-state index contributed by atoms with van der Waals surface area (Å²) in [7, 11) is 0. The zero-order valence-electron chi connectivity index (χ0n) is 9.97. The van der Waals surface area contributed by atoms with Crippen molar-refractivity contribution in [2.24, 2.45) is 5.10 Å². The van der Waals surface area contributed by atoms with Gasteiger partial charge in [0.1, 0.15) is 6.07 Å². The molecule has 0 aliphatic heterocycles. The number of hydrogen-bond acceptors (Lipinski definition) is 5. The molecule has 0 radical (unpaired) electrons. The molecule has 1 fully saturated rings. The second-order valence-corrected chi connectivity index (χ2v) is 4.83. The maximum Gasteiger partial charge on any atom is 0.193 e. The van der Waals surface area contributed by atoms with Crippen molar-refractivity contribution in [3.8, 4) is 12.1 Å². The smallest absolute Gasteiger partial charge is 0.193 e. The standard InChI is InChI=1S/C13H12N4S/c1-18-13(8-15)17-16-11-5-4-10(7-14)12(6-11)9-2-3-9/h4-6,9,16H,2-3H2,1H3. The van der Waals surface area contributed by atoms with Gasteiger partial charge in [0.25, 0.3) is 0 Å². The Bertz CT molecular complexity index is 561. The molecule has 1 aromatic rings. The Morgan fingerprint density at radius 3 is 2.78 bits per heavy atom. The summed E-state index contributed by atoms with van der Waals surface area (Å²) in [6.45, 7) is 0. The molecule has 0 saturated heterocycles. The average molecular weight is 256 g/mol. The average Bonchev–Trinajstić information content (AvgIpc) is 3.24. The number of benzene rings is 1. The van der Waals surface area contributed by atoms with Crippen molar-refractivity contribution >= 4 is 22.5 Å². The fraction of sp³-hybridized carbons (Fsp3) is 0.308. The molecule has 0 heterocycles. The lowest BCUT2D eigenvalue weighted by molar-refractivity contribution is 1.11. The van der Waals surface area contributed by atoms with Crippen molar-refractivity contribution in [3.05, 3.63) is 29.3 Å². The first kappa shape index (κ1) is 12.5. The highest BCUT2D eigenvalue weighted by atomic mass is 32.2. The summed E-state index contributed by atoms with van der Waals surface area (Å²) >= 11 is 1.29. The van der Waals surface area contributed by atoms with Gasteiger partial charge in [-0.2, -0.15) is 15.6 Å². The van der Waals surface area contributed by atoms with Crippen LogP contribution in [-0.4, -0.2) is 11.3 Å². The molecule has 1 N–H and O–H groups in total. The maximum atomic E-state index is 9.04. The number of nitrogens with zero attached hydrogens (tertiary/aromatic N) is 3. The lowest BCUT2D eigenvalue weighted by Gasteiger charge is -2.06. The molecular formula is C13H12N4S. The summed E-state index contributed by atoms with van der Waals surface area (Å²) in [5.74, 6) is 0.515. The number of rotatable bonds is 3. The Morgan fingerprint density at radius 1 is 1.44 bits per heavy atom. The van der Waals surface area contributed by atoms with E-state index in [2.05, 4.69) is 16.6 Å². The normalized spacial score (nSPS) is 14.7. The van der Waals surface area contributed by atoms with Gasteiger partial charge in [-0.05, 0) is 48.8 Å². The first-order chi connectivity index (χ1) is 8.78. The van der Waals surface area contributed by atoms with E-state index in [0.717, 1.165) is 29.7 Å². The van der Waals surface area contributed by atoms with Crippen LogP contribution in [0.25, 0.3) is 0 Å². The molecule has 1 aliphatic carbocycles. The highest BCUT2D eigenvalue weighted by molar-refractivity contribution is 8.13. The third-order valence-corrected chi connectivity index (χ3v) is 3.33. The van der Waals surface area contributed by atoms with Crippen LogP contribution in [-0.2, 0) is 0 Å². The Labute approximate surface area is 110 Å². The van der Waals surface area contributed by atoms with Gasteiger partial charge in [-0.15, -0.1) is 0 Å². The lowest BCUT2D eigenvalue weighted by atomic mass is 10.0. The van der Waals surface area contributed by atoms with Crippen molar-refractivity contribution in [2.75, 3.05) is 11.7 Å². The molecule has 0 amide bonds. The van der Waals surface area contributed by atoms with Gasteiger partial charge < -0.3 is 0 Å². The minimum absolute atomic E-state index is 0.382. The van der Waals surface area contributed by atoms with Crippen LogP contribution in [0.1, 0.15) is 29.9 Å². The van der Waals surface area contributed by atoms with Crippen LogP contribution in [0.15, 0.2) is 23.3 Å². The van der Waals surface area contributed by atoms with Crippen LogP contribution < -0.4 is 5.43 Å². The largest absolute Gasteiger partial charge is 0.277 e. The lowest BCUT2D eigenvalue weighted by Crippen LogP contribution is -1.96. The molecule has 0 atom stereocenters. The molecule has 4 nitrogen and oxygen atoms in total. The third-order valence-electron chi connectivity index (χ3n) is 2.76. The van der Waals surface area contributed by atoms with Crippen LogP contribution in [0, 0.1) is 22.7 Å². The highest BCUT2D eigenvalue weighted by Gasteiger charge is 2.26. The summed E-state index contributed by atoms with van der Waals surface area (Å²) in [6, 6.07) is 9.77. The van der Waals surface area contributed by atoms with E-state index >= 15 is 0 Å². The van der Waals surface area contributed by atoms with Crippen LogP contribution in [0.2, 0.25) is 0 Å². The second-order valence-electron chi connectivity index (χ2n) is 4.03. The molecule has 90 valence electrons. The number of nitrogens with one attached hydrogen (secondary N) is 1. The van der Waals surface area contributed by atoms with E-state index < -0.39 is 0 Å². The van der Waals surface area contributed by atoms with E-state index in [1.807, 2.05) is 18.2 Å². The van der Waals surface area contributed by atoms with Gasteiger partial charge in [-0.3, -0.25) is 5.43 Å². The van der Waals surface area contributed by atoms with Gasteiger partial charge in [0, 0.05) is 0 Å². The first-order valence-corrected chi connectivity index (χ1v) is 6.82. The number of nitriles is 2. The van der Waals surface area contributed by atoms with Gasteiger partial charge in [0.2, 0.25) is 0 Å². The van der Waals surface area contributed by atoms with Crippen molar-refractivity contribution in [3.63, 3.8) is 0 Å². The predicted octanol–water partition coefficient (Wildman–Crippen LogP) is 3.05. The summed E-state index contributed by atoms with van der Waals surface area (Å²) in [6.07, 6.45) is 4.10. The second kappa shape index (κ2) is 5.57. The van der Waals surface area contributed by atoms with Crippen LogP contribution in [0.5, 0.6) is 0 Å².